The summed E-state index contributed by atoms with van der Waals surface area (Å²) in [6, 6.07) is 4.40. The molecule has 1 saturated heterocycles. The molecule has 0 spiro atoms. The third-order valence-corrected chi connectivity index (χ3v) is 8.41. The summed E-state index contributed by atoms with van der Waals surface area (Å²) in [4.78, 5) is 21.2. The van der Waals surface area contributed by atoms with Crippen LogP contribution < -0.4 is 0 Å². The fourth-order valence-corrected chi connectivity index (χ4v) is 7.03. The average Bonchev–Trinajstić information content (AvgIpc) is 3.02. The summed E-state index contributed by atoms with van der Waals surface area (Å²) in [7, 11) is 0. The Bertz CT molecular complexity index is 822. The molecular weight excluding hydrogens is 563 g/mol. The Morgan fingerprint density at radius 1 is 1.10 bits per heavy atom. The molecule has 1 aromatic carbocycles. The molecule has 1 aromatic rings. The summed E-state index contributed by atoms with van der Waals surface area (Å²) in [5.41, 5.74) is 0.914. The van der Waals surface area contributed by atoms with Crippen LogP contribution in [-0.4, -0.2) is 33.2 Å². The maximum absolute atomic E-state index is 13.4. The van der Waals surface area contributed by atoms with Crippen molar-refractivity contribution in [1.29, 1.82) is 0 Å². The summed E-state index contributed by atoms with van der Waals surface area (Å²) >= 11 is 7.05. The van der Waals surface area contributed by atoms with E-state index in [1.807, 2.05) is 23.1 Å². The molecule has 7 heteroatoms. The van der Waals surface area contributed by atoms with Gasteiger partial charge in [0, 0.05) is 6.04 Å². The number of phenolic OH excluding ortho intramolecular Hbond substituents is 1. The number of amidine groups is 1. The third-order valence-electron chi connectivity index (χ3n) is 5.98. The van der Waals surface area contributed by atoms with E-state index in [1.54, 1.807) is 0 Å². The molecule has 0 aromatic heterocycles. The van der Waals surface area contributed by atoms with Crippen molar-refractivity contribution in [3.05, 3.63) is 30.6 Å². The first-order chi connectivity index (χ1) is 14.0. The van der Waals surface area contributed by atoms with Crippen LogP contribution in [-0.2, 0) is 4.79 Å². The van der Waals surface area contributed by atoms with Gasteiger partial charge in [-0.15, -0.1) is 0 Å². The van der Waals surface area contributed by atoms with Gasteiger partial charge in [-0.05, 0) is 99.7 Å². The molecule has 3 fully saturated rings. The maximum atomic E-state index is 13.4. The van der Waals surface area contributed by atoms with E-state index in [2.05, 4.69) is 38.5 Å². The number of hydrogen-bond acceptors (Lipinski definition) is 4. The van der Waals surface area contributed by atoms with E-state index in [9.17, 15) is 9.90 Å². The van der Waals surface area contributed by atoms with Crippen molar-refractivity contribution in [3.63, 3.8) is 0 Å². The van der Waals surface area contributed by atoms with Crippen molar-refractivity contribution in [2.45, 2.75) is 76.3 Å². The quantitative estimate of drug-likeness (QED) is 0.316. The minimum absolute atomic E-state index is 0.0932. The van der Waals surface area contributed by atoms with E-state index in [-0.39, 0.29) is 17.7 Å². The van der Waals surface area contributed by atoms with E-state index < -0.39 is 0 Å². The standard InChI is InChI=1S/C22H26BrIN2O2S/c23-17-11-14(12-18(24)20(17)27)13-19-21(28)26(16-9-5-2-6-10-16)22(29-19)25-15-7-3-1-4-8-15/h11-13,15-16,27H,1-10H2. The Morgan fingerprint density at radius 3 is 2.41 bits per heavy atom. The summed E-state index contributed by atoms with van der Waals surface area (Å²) in [5.74, 6) is 0.331. The van der Waals surface area contributed by atoms with Crippen molar-refractivity contribution in [3.8, 4) is 5.75 Å². The summed E-state index contributed by atoms with van der Waals surface area (Å²) in [6.45, 7) is 0. The van der Waals surface area contributed by atoms with Crippen LogP contribution in [0.3, 0.4) is 0 Å². The number of phenols is 1. The normalized spacial score (nSPS) is 24.8. The van der Waals surface area contributed by atoms with E-state index >= 15 is 0 Å². The van der Waals surface area contributed by atoms with Crippen LogP contribution in [0.1, 0.15) is 69.8 Å². The molecule has 2 saturated carbocycles. The number of rotatable bonds is 3. The second-order valence-electron chi connectivity index (χ2n) is 8.11. The number of hydrogen-bond donors (Lipinski definition) is 1. The van der Waals surface area contributed by atoms with E-state index in [0.717, 1.165) is 44.9 Å². The van der Waals surface area contributed by atoms with Gasteiger partial charge in [-0.3, -0.25) is 14.7 Å². The highest BCUT2D eigenvalue weighted by molar-refractivity contribution is 14.1. The molecule has 0 atom stereocenters. The second-order valence-corrected chi connectivity index (χ2v) is 11.1. The lowest BCUT2D eigenvalue weighted by atomic mass is 9.94. The van der Waals surface area contributed by atoms with Crippen molar-refractivity contribution in [2.75, 3.05) is 0 Å². The molecule has 0 unspecified atom stereocenters. The lowest BCUT2D eigenvalue weighted by Crippen LogP contribution is -2.41. The molecule has 1 amide bonds. The molecule has 0 bridgehead atoms. The summed E-state index contributed by atoms with van der Waals surface area (Å²) < 4.78 is 1.41. The Morgan fingerprint density at radius 2 is 1.76 bits per heavy atom. The topological polar surface area (TPSA) is 52.9 Å². The lowest BCUT2D eigenvalue weighted by molar-refractivity contribution is -0.124. The van der Waals surface area contributed by atoms with Gasteiger partial charge in [-0.25, -0.2) is 0 Å². The van der Waals surface area contributed by atoms with Crippen molar-refractivity contribution >= 4 is 67.4 Å². The lowest BCUT2D eigenvalue weighted by Gasteiger charge is -2.31. The van der Waals surface area contributed by atoms with Gasteiger partial charge < -0.3 is 5.11 Å². The molecule has 0 radical (unpaired) electrons. The number of nitrogens with zero attached hydrogens (tertiary/aromatic N) is 2. The van der Waals surface area contributed by atoms with Gasteiger partial charge in [-0.1, -0.05) is 38.5 Å². The van der Waals surface area contributed by atoms with Crippen LogP contribution in [0.15, 0.2) is 26.5 Å². The first-order valence-corrected chi connectivity index (χ1v) is 13.2. The smallest absolute Gasteiger partial charge is 0.266 e. The van der Waals surface area contributed by atoms with Crippen molar-refractivity contribution in [2.24, 2.45) is 4.99 Å². The molecule has 3 aliphatic rings. The van der Waals surface area contributed by atoms with Crippen molar-refractivity contribution < 1.29 is 9.90 Å². The van der Waals surface area contributed by atoms with Gasteiger partial charge in [0.2, 0.25) is 0 Å². The molecule has 1 aliphatic heterocycles. The van der Waals surface area contributed by atoms with E-state index in [1.165, 1.54) is 50.3 Å². The second kappa shape index (κ2) is 9.73. The molecule has 2 aliphatic carbocycles. The minimum Gasteiger partial charge on any atom is -0.506 e. The Hall–Kier alpha value is -0.540. The molecular formula is C22H26BrIN2O2S. The first-order valence-electron chi connectivity index (χ1n) is 10.5. The Balaban J connectivity index is 1.65. The van der Waals surface area contributed by atoms with Crippen LogP contribution in [0.5, 0.6) is 5.75 Å². The van der Waals surface area contributed by atoms with Crippen LogP contribution in [0.25, 0.3) is 6.08 Å². The van der Waals surface area contributed by atoms with Crippen LogP contribution >= 0.6 is 50.3 Å². The molecule has 1 heterocycles. The summed E-state index contributed by atoms with van der Waals surface area (Å²) in [5, 5.41) is 10.9. The zero-order chi connectivity index (χ0) is 20.4. The Kier molecular flexibility index (Phi) is 7.27. The number of benzene rings is 1. The van der Waals surface area contributed by atoms with Gasteiger partial charge in [0.1, 0.15) is 5.75 Å². The van der Waals surface area contributed by atoms with E-state index in [4.69, 9.17) is 4.99 Å². The zero-order valence-electron chi connectivity index (χ0n) is 16.4. The first kappa shape index (κ1) is 21.7. The molecule has 1 N–H and O–H groups in total. The molecule has 4 nitrogen and oxygen atoms in total. The van der Waals surface area contributed by atoms with Gasteiger partial charge in [0.25, 0.3) is 5.91 Å². The van der Waals surface area contributed by atoms with E-state index in [0.29, 0.717) is 10.5 Å². The average molecular weight is 589 g/mol. The number of carbonyl (C=O) groups excluding carboxylic acids is 1. The van der Waals surface area contributed by atoms with Crippen LogP contribution in [0.4, 0.5) is 0 Å². The van der Waals surface area contributed by atoms with Crippen LogP contribution in [0, 0.1) is 3.57 Å². The highest BCUT2D eigenvalue weighted by Gasteiger charge is 2.39. The SMILES string of the molecule is O=C1C(=Cc2cc(Br)c(O)c(I)c2)SC(=NC2CCCCC2)N1C1CCCCC1. The highest BCUT2D eigenvalue weighted by atomic mass is 127. The van der Waals surface area contributed by atoms with Gasteiger partial charge >= 0.3 is 0 Å². The fourth-order valence-electron chi connectivity index (χ4n) is 4.42. The number of aliphatic imine (C=N–C) groups is 1. The Labute approximate surface area is 198 Å². The fraction of sp³-hybridized carbons (Fsp3) is 0.545. The highest BCUT2D eigenvalue weighted by Crippen LogP contribution is 2.39. The number of amides is 1. The maximum Gasteiger partial charge on any atom is 0.266 e. The largest absolute Gasteiger partial charge is 0.506 e. The number of carbonyl (C=O) groups is 1. The number of thioether (sulfide) groups is 1. The predicted molar refractivity (Wildman–Crippen MR) is 132 cm³/mol. The zero-order valence-corrected chi connectivity index (χ0v) is 20.9. The van der Waals surface area contributed by atoms with Gasteiger partial charge in [-0.2, -0.15) is 0 Å². The summed E-state index contributed by atoms with van der Waals surface area (Å²) in [6.07, 6.45) is 13.8. The van der Waals surface area contributed by atoms with Gasteiger partial charge in [0.05, 0.1) is 19.0 Å². The van der Waals surface area contributed by atoms with Gasteiger partial charge in [0.15, 0.2) is 5.17 Å². The number of aromatic hydroxyl groups is 1. The molecule has 156 valence electrons. The monoisotopic (exact) mass is 588 g/mol. The van der Waals surface area contributed by atoms with Crippen LogP contribution in [0.2, 0.25) is 0 Å². The van der Waals surface area contributed by atoms with Crippen molar-refractivity contribution in [1.82, 2.24) is 4.90 Å². The minimum atomic E-state index is 0.0932. The third kappa shape index (κ3) is 5.03. The number of halogens is 2. The molecule has 29 heavy (non-hydrogen) atoms. The molecule has 4 rings (SSSR count). The predicted octanol–water partition coefficient (Wildman–Crippen LogP) is 6.70.